The largest absolute Gasteiger partial charge is 0.477 e. The minimum atomic E-state index is -0.953. The van der Waals surface area contributed by atoms with Gasteiger partial charge in [-0.25, -0.2) is 9.59 Å². The first-order valence-corrected chi connectivity index (χ1v) is 8.21. The van der Waals surface area contributed by atoms with Gasteiger partial charge < -0.3 is 25.0 Å². The number of carboxylic acid groups (broad SMARTS) is 1. The molecule has 0 atom stereocenters. The summed E-state index contributed by atoms with van der Waals surface area (Å²) in [6.07, 6.45) is 0.286. The number of fused-ring (bicyclic) bond motifs is 1. The lowest BCUT2D eigenvalue weighted by Gasteiger charge is -2.19. The van der Waals surface area contributed by atoms with Gasteiger partial charge in [0.1, 0.15) is 11.3 Å². The molecule has 7 heteroatoms. The average molecular weight is 347 g/mol. The number of carbonyl (C=O) groups excluding carboxylic acids is 1. The van der Waals surface area contributed by atoms with Crippen molar-refractivity contribution in [3.8, 4) is 0 Å². The van der Waals surface area contributed by atoms with E-state index in [2.05, 4.69) is 10.6 Å². The number of hydrogen-bond donors (Lipinski definition) is 3. The van der Waals surface area contributed by atoms with Crippen LogP contribution in [0.1, 0.15) is 37.7 Å². The van der Waals surface area contributed by atoms with Crippen LogP contribution in [0.2, 0.25) is 0 Å². The van der Waals surface area contributed by atoms with Crippen LogP contribution in [0.25, 0.3) is 10.9 Å². The van der Waals surface area contributed by atoms with E-state index in [0.29, 0.717) is 19.5 Å². The van der Waals surface area contributed by atoms with Gasteiger partial charge >= 0.3 is 12.1 Å². The Labute approximate surface area is 147 Å². The lowest BCUT2D eigenvalue weighted by molar-refractivity contribution is 0.0527. The Balaban J connectivity index is 1.91. The number of alkyl carbamates (subject to hydrolysis) is 1. The first-order valence-electron chi connectivity index (χ1n) is 8.21. The number of carbonyl (C=O) groups is 2. The Morgan fingerprint density at radius 3 is 2.60 bits per heavy atom. The van der Waals surface area contributed by atoms with E-state index < -0.39 is 17.7 Å². The van der Waals surface area contributed by atoms with Crippen LogP contribution in [0.4, 0.5) is 10.5 Å². The van der Waals surface area contributed by atoms with Crippen molar-refractivity contribution in [3.63, 3.8) is 0 Å². The Morgan fingerprint density at radius 1 is 1.24 bits per heavy atom. The summed E-state index contributed by atoms with van der Waals surface area (Å²) in [5.74, 6) is -0.953. The van der Waals surface area contributed by atoms with Gasteiger partial charge in [-0.05, 0) is 39.3 Å². The second-order valence-corrected chi connectivity index (χ2v) is 6.85. The number of ether oxygens (including phenoxy) is 1. The van der Waals surface area contributed by atoms with Crippen molar-refractivity contribution in [2.75, 3.05) is 18.4 Å². The van der Waals surface area contributed by atoms with Gasteiger partial charge in [0.25, 0.3) is 0 Å². The number of aromatic nitrogens is 1. The Bertz CT molecular complexity index is 774. The Morgan fingerprint density at radius 2 is 1.96 bits per heavy atom. The minimum absolute atomic E-state index is 0.246. The normalized spacial score (nSPS) is 11.4. The van der Waals surface area contributed by atoms with E-state index in [4.69, 9.17) is 4.74 Å². The molecule has 7 nitrogen and oxygen atoms in total. The van der Waals surface area contributed by atoms with Crippen LogP contribution in [0, 0.1) is 0 Å². The minimum Gasteiger partial charge on any atom is -0.477 e. The molecule has 0 radical (unpaired) electrons. The molecule has 0 aliphatic heterocycles. The second kappa shape index (κ2) is 7.46. The Hall–Kier alpha value is -2.70. The van der Waals surface area contributed by atoms with E-state index in [9.17, 15) is 14.7 Å². The second-order valence-electron chi connectivity index (χ2n) is 6.85. The molecule has 0 aliphatic carbocycles. The zero-order valence-electron chi connectivity index (χ0n) is 15.0. The summed E-state index contributed by atoms with van der Waals surface area (Å²) >= 11 is 0. The molecule has 0 bridgehead atoms. The van der Waals surface area contributed by atoms with E-state index in [1.165, 1.54) is 0 Å². The van der Waals surface area contributed by atoms with Gasteiger partial charge in [-0.3, -0.25) is 0 Å². The highest BCUT2D eigenvalue weighted by Gasteiger charge is 2.16. The molecule has 0 aliphatic rings. The molecule has 0 unspecified atom stereocenters. The number of nitrogens with one attached hydrogen (secondary N) is 2. The highest BCUT2D eigenvalue weighted by Crippen LogP contribution is 2.26. The van der Waals surface area contributed by atoms with Gasteiger partial charge in [-0.2, -0.15) is 0 Å². The van der Waals surface area contributed by atoms with Crippen molar-refractivity contribution in [1.82, 2.24) is 9.88 Å². The SMILES string of the molecule is Cn1c(C(=O)O)cc2cccc(NCCCNC(=O)OC(C)(C)C)c21. The topological polar surface area (TPSA) is 92.6 Å². The molecule has 1 aromatic heterocycles. The van der Waals surface area contributed by atoms with E-state index in [-0.39, 0.29) is 5.69 Å². The van der Waals surface area contributed by atoms with E-state index >= 15 is 0 Å². The number of aryl methyl sites for hydroxylation is 1. The molecule has 0 saturated carbocycles. The maximum Gasteiger partial charge on any atom is 0.407 e. The van der Waals surface area contributed by atoms with Crippen LogP contribution in [0.5, 0.6) is 0 Å². The van der Waals surface area contributed by atoms with Crippen LogP contribution >= 0.6 is 0 Å². The molecule has 136 valence electrons. The van der Waals surface area contributed by atoms with Crippen LogP contribution in [0.15, 0.2) is 24.3 Å². The molecule has 2 aromatic rings. The Kier molecular flexibility index (Phi) is 5.56. The molecular formula is C18H25N3O4. The molecule has 0 fully saturated rings. The lowest BCUT2D eigenvalue weighted by atomic mass is 10.2. The highest BCUT2D eigenvalue weighted by atomic mass is 16.6. The maximum atomic E-state index is 11.6. The molecule has 1 aromatic carbocycles. The number of anilines is 1. The van der Waals surface area contributed by atoms with E-state index in [1.807, 2.05) is 39.0 Å². The fourth-order valence-electron chi connectivity index (χ4n) is 2.58. The molecule has 2 rings (SSSR count). The fourth-order valence-corrected chi connectivity index (χ4v) is 2.58. The summed E-state index contributed by atoms with van der Waals surface area (Å²) in [5.41, 5.74) is 1.45. The molecular weight excluding hydrogens is 322 g/mol. The third-order valence-corrected chi connectivity index (χ3v) is 3.61. The first kappa shape index (κ1) is 18.6. The molecule has 0 saturated heterocycles. The quantitative estimate of drug-likeness (QED) is 0.698. The van der Waals surface area contributed by atoms with E-state index in [0.717, 1.165) is 16.6 Å². The summed E-state index contributed by atoms with van der Waals surface area (Å²) in [7, 11) is 1.74. The van der Waals surface area contributed by atoms with Crippen molar-refractivity contribution in [3.05, 3.63) is 30.0 Å². The van der Waals surface area contributed by atoms with Gasteiger partial charge in [0, 0.05) is 25.5 Å². The van der Waals surface area contributed by atoms with Gasteiger partial charge in [0.2, 0.25) is 0 Å². The molecule has 3 N–H and O–H groups in total. The zero-order valence-corrected chi connectivity index (χ0v) is 15.0. The number of benzene rings is 1. The third-order valence-electron chi connectivity index (χ3n) is 3.61. The number of amides is 1. The van der Waals surface area contributed by atoms with Gasteiger partial charge in [0.05, 0.1) is 11.2 Å². The number of nitrogens with zero attached hydrogens (tertiary/aromatic N) is 1. The fraction of sp³-hybridized carbons (Fsp3) is 0.444. The summed E-state index contributed by atoms with van der Waals surface area (Å²) < 4.78 is 6.84. The first-order chi connectivity index (χ1) is 11.7. The number of carboxylic acids is 1. The van der Waals surface area contributed by atoms with Crippen LogP contribution in [-0.4, -0.2) is 40.4 Å². The number of rotatable bonds is 6. The standard InChI is InChI=1S/C18H25N3O4/c1-18(2,3)25-17(24)20-10-6-9-19-13-8-5-7-12-11-14(16(22)23)21(4)15(12)13/h5,7-8,11,19H,6,9-10H2,1-4H3,(H,20,24)(H,22,23). The summed E-state index contributed by atoms with van der Waals surface area (Å²) in [5, 5.41) is 16.1. The number of aromatic carboxylic acids is 1. The lowest BCUT2D eigenvalue weighted by Crippen LogP contribution is -2.33. The van der Waals surface area contributed by atoms with Crippen molar-refractivity contribution < 1.29 is 19.4 Å². The monoisotopic (exact) mass is 347 g/mol. The number of para-hydroxylation sites is 1. The summed E-state index contributed by atoms with van der Waals surface area (Å²) in [4.78, 5) is 22.8. The van der Waals surface area contributed by atoms with Gasteiger partial charge in [0.15, 0.2) is 0 Å². The molecule has 1 heterocycles. The maximum absolute atomic E-state index is 11.6. The molecule has 0 spiro atoms. The number of hydrogen-bond acceptors (Lipinski definition) is 4. The molecule has 1 amide bonds. The van der Waals surface area contributed by atoms with Crippen molar-refractivity contribution in [2.45, 2.75) is 32.8 Å². The van der Waals surface area contributed by atoms with Crippen LogP contribution < -0.4 is 10.6 Å². The van der Waals surface area contributed by atoms with Crippen LogP contribution in [-0.2, 0) is 11.8 Å². The smallest absolute Gasteiger partial charge is 0.407 e. The van der Waals surface area contributed by atoms with Crippen molar-refractivity contribution >= 4 is 28.7 Å². The predicted octanol–water partition coefficient (Wildman–Crippen LogP) is 3.20. The summed E-state index contributed by atoms with van der Waals surface area (Å²) in [6.45, 7) is 6.59. The molecule has 25 heavy (non-hydrogen) atoms. The van der Waals surface area contributed by atoms with Gasteiger partial charge in [-0.1, -0.05) is 12.1 Å². The van der Waals surface area contributed by atoms with Gasteiger partial charge in [-0.15, -0.1) is 0 Å². The zero-order chi connectivity index (χ0) is 18.6. The van der Waals surface area contributed by atoms with Crippen molar-refractivity contribution in [1.29, 1.82) is 0 Å². The van der Waals surface area contributed by atoms with Crippen molar-refractivity contribution in [2.24, 2.45) is 7.05 Å². The van der Waals surface area contributed by atoms with E-state index in [1.54, 1.807) is 17.7 Å². The predicted molar refractivity (Wildman–Crippen MR) is 97.2 cm³/mol. The van der Waals surface area contributed by atoms with Crippen LogP contribution in [0.3, 0.4) is 0 Å². The highest BCUT2D eigenvalue weighted by molar-refractivity contribution is 5.99. The summed E-state index contributed by atoms with van der Waals surface area (Å²) in [6, 6.07) is 7.34. The third kappa shape index (κ3) is 4.89. The average Bonchev–Trinajstić information content (AvgIpc) is 2.83.